The van der Waals surface area contributed by atoms with Crippen LogP contribution < -0.4 is 0 Å². The van der Waals surface area contributed by atoms with Crippen molar-refractivity contribution in [1.29, 1.82) is 0 Å². The zero-order chi connectivity index (χ0) is 11.1. The van der Waals surface area contributed by atoms with Crippen LogP contribution in [0.3, 0.4) is 0 Å². The molecule has 0 amide bonds. The standard InChI is InChI=1S/C12H16BClSi/c1-15(2,3)13(14)12-9-8-10-6-4-5-7-11(10)12/h4-9,12H,1-3H3. The highest BCUT2D eigenvalue weighted by atomic mass is 35.5. The summed E-state index contributed by atoms with van der Waals surface area (Å²) in [6, 6.07) is 8.56. The molecule has 1 aromatic carbocycles. The lowest BCUT2D eigenvalue weighted by molar-refractivity contribution is 1.23. The second kappa shape index (κ2) is 3.84. The molecule has 0 N–H and O–H groups in total. The summed E-state index contributed by atoms with van der Waals surface area (Å²) in [6.07, 6.45) is 4.47. The molecule has 78 valence electrons. The molecule has 0 fully saturated rings. The number of benzene rings is 1. The highest BCUT2D eigenvalue weighted by molar-refractivity contribution is 7.49. The molecule has 1 atom stereocenters. The molecular formula is C12H16BClSi. The van der Waals surface area contributed by atoms with Crippen molar-refractivity contribution in [2.75, 3.05) is 0 Å². The Hall–Kier alpha value is -0.468. The third-order valence-electron chi connectivity index (χ3n) is 2.98. The van der Waals surface area contributed by atoms with Crippen LogP contribution in [0.1, 0.15) is 16.9 Å². The minimum absolute atomic E-state index is 0.289. The topological polar surface area (TPSA) is 0 Å². The Balaban J connectivity index is 2.32. The predicted molar refractivity (Wildman–Crippen MR) is 73.2 cm³/mol. The summed E-state index contributed by atoms with van der Waals surface area (Å²) in [7, 11) is -1.28. The maximum atomic E-state index is 6.60. The largest absolute Gasteiger partial charge is 0.251 e. The molecule has 1 aliphatic carbocycles. The minimum atomic E-state index is -1.28. The highest BCUT2D eigenvalue weighted by Crippen LogP contribution is 2.35. The molecule has 0 saturated carbocycles. The molecule has 0 nitrogen and oxygen atoms in total. The molecule has 0 aromatic heterocycles. The molecule has 2 rings (SSSR count). The van der Waals surface area contributed by atoms with Crippen molar-refractivity contribution < 1.29 is 0 Å². The van der Waals surface area contributed by atoms with Crippen LogP contribution in [0.5, 0.6) is 0 Å². The molecular weight excluding hydrogens is 218 g/mol. The lowest BCUT2D eigenvalue weighted by atomic mass is 9.80. The number of hydrogen-bond acceptors (Lipinski definition) is 0. The lowest BCUT2D eigenvalue weighted by Gasteiger charge is -2.25. The Kier molecular flexibility index (Phi) is 2.82. The average Bonchev–Trinajstić information content (AvgIpc) is 2.58. The molecule has 0 bridgehead atoms. The summed E-state index contributed by atoms with van der Waals surface area (Å²) in [5.41, 5.74) is 3.03. The van der Waals surface area contributed by atoms with Gasteiger partial charge in [0.05, 0.1) is 0 Å². The number of hydrogen-bond donors (Lipinski definition) is 0. The van der Waals surface area contributed by atoms with Crippen LogP contribution in [-0.4, -0.2) is 13.7 Å². The zero-order valence-electron chi connectivity index (χ0n) is 9.50. The van der Waals surface area contributed by atoms with E-state index >= 15 is 0 Å². The van der Waals surface area contributed by atoms with Gasteiger partial charge >= 0.3 is 0 Å². The van der Waals surface area contributed by atoms with Crippen LogP contribution in [0.25, 0.3) is 6.08 Å². The van der Waals surface area contributed by atoms with Crippen molar-refractivity contribution in [2.24, 2.45) is 0 Å². The molecule has 1 aliphatic rings. The van der Waals surface area contributed by atoms with Crippen molar-refractivity contribution in [1.82, 2.24) is 0 Å². The van der Waals surface area contributed by atoms with Crippen molar-refractivity contribution >= 4 is 31.2 Å². The Morgan fingerprint density at radius 3 is 2.53 bits per heavy atom. The van der Waals surface area contributed by atoms with Crippen LogP contribution in [0, 0.1) is 0 Å². The first kappa shape index (κ1) is 11.0. The maximum Gasteiger partial charge on any atom is 0.251 e. The quantitative estimate of drug-likeness (QED) is 0.679. The lowest BCUT2D eigenvalue weighted by Crippen LogP contribution is -2.42. The SMILES string of the molecule is C[Si](C)(C)B(Cl)C1C=Cc2ccccc21. The van der Waals surface area contributed by atoms with Crippen LogP contribution in [0.4, 0.5) is 0 Å². The molecule has 15 heavy (non-hydrogen) atoms. The summed E-state index contributed by atoms with van der Waals surface area (Å²) in [4.78, 5) is 0. The predicted octanol–water partition coefficient (Wildman–Crippen LogP) is 3.98. The molecule has 0 radical (unpaired) electrons. The van der Waals surface area contributed by atoms with Crippen molar-refractivity contribution in [3.8, 4) is 0 Å². The summed E-state index contributed by atoms with van der Waals surface area (Å²) in [6.45, 7) is 7.00. The zero-order valence-corrected chi connectivity index (χ0v) is 11.3. The fourth-order valence-corrected chi connectivity index (χ4v) is 3.66. The van der Waals surface area contributed by atoms with Gasteiger partial charge in [-0.25, -0.2) is 0 Å². The first-order valence-electron chi connectivity index (χ1n) is 5.41. The first-order chi connectivity index (χ1) is 7.00. The minimum Gasteiger partial charge on any atom is -0.199 e. The second-order valence-corrected chi connectivity index (χ2v) is 11.5. The van der Waals surface area contributed by atoms with Gasteiger partial charge in [-0.2, -0.15) is 11.5 Å². The third-order valence-corrected chi connectivity index (χ3v) is 7.23. The van der Waals surface area contributed by atoms with E-state index in [1.165, 1.54) is 11.1 Å². The van der Waals surface area contributed by atoms with Gasteiger partial charge in [-0.3, -0.25) is 0 Å². The van der Waals surface area contributed by atoms with E-state index in [0.29, 0.717) is 5.82 Å². The molecule has 3 heteroatoms. The average molecular weight is 235 g/mol. The van der Waals surface area contributed by atoms with E-state index in [0.717, 1.165) is 0 Å². The van der Waals surface area contributed by atoms with Gasteiger partial charge < -0.3 is 0 Å². The van der Waals surface area contributed by atoms with E-state index in [9.17, 15) is 0 Å². The molecule has 0 saturated heterocycles. The van der Waals surface area contributed by atoms with Crippen molar-refractivity contribution in [3.05, 3.63) is 41.5 Å². The van der Waals surface area contributed by atoms with Gasteiger partial charge in [-0.1, -0.05) is 56.1 Å². The fraction of sp³-hybridized carbons (Fsp3) is 0.333. The van der Waals surface area contributed by atoms with E-state index < -0.39 is 7.94 Å². The van der Waals surface area contributed by atoms with E-state index in [1.807, 2.05) is 0 Å². The van der Waals surface area contributed by atoms with E-state index in [-0.39, 0.29) is 5.72 Å². The van der Waals surface area contributed by atoms with Gasteiger partial charge in [0, 0.05) is 7.94 Å². The van der Waals surface area contributed by atoms with E-state index in [4.69, 9.17) is 11.5 Å². The summed E-state index contributed by atoms with van der Waals surface area (Å²) in [5, 5.41) is 0. The number of fused-ring (bicyclic) bond motifs is 1. The molecule has 1 aromatic rings. The summed E-state index contributed by atoms with van der Waals surface area (Å²) >= 11 is 6.60. The first-order valence-corrected chi connectivity index (χ1v) is 9.43. The van der Waals surface area contributed by atoms with Crippen LogP contribution in [0.15, 0.2) is 30.3 Å². The fourth-order valence-electron chi connectivity index (χ4n) is 2.07. The summed E-state index contributed by atoms with van der Waals surface area (Å²) < 4.78 is 0. The van der Waals surface area contributed by atoms with Crippen molar-refractivity contribution in [2.45, 2.75) is 25.5 Å². The Morgan fingerprint density at radius 2 is 1.87 bits per heavy atom. The summed E-state index contributed by atoms with van der Waals surface area (Å²) in [5.74, 6) is 0.425. The van der Waals surface area contributed by atoms with Gasteiger partial charge in [0.15, 0.2) is 0 Å². The van der Waals surface area contributed by atoms with Crippen LogP contribution >= 0.6 is 11.5 Å². The van der Waals surface area contributed by atoms with Gasteiger partial charge in [0.1, 0.15) is 0 Å². The van der Waals surface area contributed by atoms with Gasteiger partial charge in [-0.05, 0) is 16.9 Å². The van der Waals surface area contributed by atoms with E-state index in [1.54, 1.807) is 0 Å². The Bertz CT molecular complexity index is 395. The Morgan fingerprint density at radius 1 is 1.20 bits per heavy atom. The molecule has 1 unspecified atom stereocenters. The highest BCUT2D eigenvalue weighted by Gasteiger charge is 2.37. The molecule has 0 aliphatic heterocycles. The van der Waals surface area contributed by atoms with Gasteiger partial charge in [0.25, 0.3) is 5.72 Å². The normalized spacial score (nSPS) is 19.1. The molecule has 0 spiro atoms. The molecule has 0 heterocycles. The van der Waals surface area contributed by atoms with E-state index in [2.05, 4.69) is 56.1 Å². The number of halogens is 1. The van der Waals surface area contributed by atoms with Gasteiger partial charge in [-0.15, -0.1) is 0 Å². The van der Waals surface area contributed by atoms with Crippen molar-refractivity contribution in [3.63, 3.8) is 0 Å². The third kappa shape index (κ3) is 2.06. The monoisotopic (exact) mass is 234 g/mol. The number of rotatable bonds is 2. The van der Waals surface area contributed by atoms with Crippen LogP contribution in [0.2, 0.25) is 19.6 Å². The number of allylic oxidation sites excluding steroid dienone is 1. The van der Waals surface area contributed by atoms with Crippen LogP contribution in [-0.2, 0) is 0 Å². The smallest absolute Gasteiger partial charge is 0.199 e. The maximum absolute atomic E-state index is 6.60. The Labute approximate surface area is 98.3 Å². The second-order valence-electron chi connectivity index (χ2n) is 5.28. The van der Waals surface area contributed by atoms with Gasteiger partial charge in [0.2, 0.25) is 0 Å².